The number of hydrogen-bond acceptors (Lipinski definition) is 4. The van der Waals surface area contributed by atoms with Crippen LogP contribution in [-0.2, 0) is 6.54 Å². The van der Waals surface area contributed by atoms with E-state index in [1.54, 1.807) is 0 Å². The normalized spacial score (nSPS) is 21.1. The maximum Gasteiger partial charge on any atom is 0.273 e. The van der Waals surface area contributed by atoms with Crippen molar-refractivity contribution in [2.45, 2.75) is 71.0 Å². The summed E-state index contributed by atoms with van der Waals surface area (Å²) in [7, 11) is 0. The molecule has 2 fully saturated rings. The van der Waals surface area contributed by atoms with Crippen LogP contribution in [0.1, 0.15) is 71.7 Å². The van der Waals surface area contributed by atoms with E-state index < -0.39 is 0 Å². The Morgan fingerprint density at radius 1 is 1.18 bits per heavy atom. The number of carbonyl (C=O) groups excluding carboxylic acids is 1. The summed E-state index contributed by atoms with van der Waals surface area (Å²) in [6, 6.07) is 7.25. The van der Waals surface area contributed by atoms with Gasteiger partial charge < -0.3 is 5.32 Å². The van der Waals surface area contributed by atoms with Gasteiger partial charge in [-0.15, -0.1) is 5.10 Å². The predicted molar refractivity (Wildman–Crippen MR) is 109 cm³/mol. The zero-order valence-corrected chi connectivity index (χ0v) is 17.0. The van der Waals surface area contributed by atoms with Gasteiger partial charge in [0.15, 0.2) is 5.69 Å². The highest BCUT2D eigenvalue weighted by molar-refractivity contribution is 5.92. The number of benzene rings is 1. The standard InChI is InChI=1S/C22H31N5O/c1-16-9-10-17(2)18(12-16)13-26-11-5-8-20(14-26)27-15-21(24-25-27)22(28)23-19-6-3-4-7-19/h9-10,12,15,19-20H,3-8,11,13-14H2,1-2H3,(H,23,28). The van der Waals surface area contributed by atoms with Gasteiger partial charge in [0.2, 0.25) is 0 Å². The molecule has 2 aromatic rings. The first kappa shape index (κ1) is 19.1. The molecule has 0 spiro atoms. The number of nitrogens with one attached hydrogen (secondary N) is 1. The molecule has 1 aromatic carbocycles. The molecule has 1 aliphatic carbocycles. The summed E-state index contributed by atoms with van der Waals surface area (Å²) in [6.45, 7) is 7.35. The van der Waals surface area contributed by atoms with Crippen LogP contribution in [0.15, 0.2) is 24.4 Å². The second-order valence-corrected chi connectivity index (χ2v) is 8.50. The van der Waals surface area contributed by atoms with Gasteiger partial charge >= 0.3 is 0 Å². The summed E-state index contributed by atoms with van der Waals surface area (Å²) < 4.78 is 1.90. The third kappa shape index (κ3) is 4.43. The lowest BCUT2D eigenvalue weighted by atomic mass is 10.0. The molecule has 1 saturated heterocycles. The van der Waals surface area contributed by atoms with Gasteiger partial charge in [0.05, 0.1) is 12.2 Å². The number of piperidine rings is 1. The molecule has 4 rings (SSSR count). The fourth-order valence-corrected chi connectivity index (χ4v) is 4.49. The molecule has 1 aliphatic heterocycles. The number of aromatic nitrogens is 3. The molecular formula is C22H31N5O. The van der Waals surface area contributed by atoms with Crippen molar-refractivity contribution in [3.8, 4) is 0 Å². The monoisotopic (exact) mass is 381 g/mol. The Kier molecular flexibility index (Phi) is 5.76. The van der Waals surface area contributed by atoms with E-state index in [1.807, 2.05) is 10.9 Å². The van der Waals surface area contributed by atoms with Crippen LogP contribution in [0.25, 0.3) is 0 Å². The van der Waals surface area contributed by atoms with Gasteiger partial charge in [0.1, 0.15) is 0 Å². The Morgan fingerprint density at radius 2 is 2.00 bits per heavy atom. The SMILES string of the molecule is Cc1ccc(C)c(CN2CCCC(n3cc(C(=O)NC4CCCC4)nn3)C2)c1. The number of amides is 1. The first-order valence-electron chi connectivity index (χ1n) is 10.6. The van der Waals surface area contributed by atoms with Crippen molar-refractivity contribution in [1.29, 1.82) is 0 Å². The van der Waals surface area contributed by atoms with Crippen molar-refractivity contribution in [1.82, 2.24) is 25.2 Å². The molecule has 2 heterocycles. The van der Waals surface area contributed by atoms with Gasteiger partial charge in [-0.05, 0) is 57.2 Å². The van der Waals surface area contributed by atoms with Crippen molar-refractivity contribution < 1.29 is 4.79 Å². The third-order valence-corrected chi connectivity index (χ3v) is 6.19. The van der Waals surface area contributed by atoms with Gasteiger partial charge in [-0.25, -0.2) is 4.68 Å². The summed E-state index contributed by atoms with van der Waals surface area (Å²) in [4.78, 5) is 14.9. The molecule has 0 bridgehead atoms. The Morgan fingerprint density at radius 3 is 2.82 bits per heavy atom. The van der Waals surface area contributed by atoms with E-state index in [1.165, 1.54) is 29.5 Å². The number of hydrogen-bond donors (Lipinski definition) is 1. The molecule has 1 aromatic heterocycles. The van der Waals surface area contributed by atoms with Crippen LogP contribution in [0.3, 0.4) is 0 Å². The molecule has 150 valence electrons. The highest BCUT2D eigenvalue weighted by Gasteiger charge is 2.25. The van der Waals surface area contributed by atoms with E-state index in [2.05, 4.69) is 52.6 Å². The Hall–Kier alpha value is -2.21. The summed E-state index contributed by atoms with van der Waals surface area (Å²) in [5.41, 5.74) is 4.50. The van der Waals surface area contributed by atoms with Crippen LogP contribution in [0, 0.1) is 13.8 Å². The van der Waals surface area contributed by atoms with Crippen molar-refractivity contribution in [2.24, 2.45) is 0 Å². The van der Waals surface area contributed by atoms with E-state index >= 15 is 0 Å². The molecule has 1 saturated carbocycles. The smallest absolute Gasteiger partial charge is 0.273 e. The van der Waals surface area contributed by atoms with E-state index in [0.29, 0.717) is 11.7 Å². The lowest BCUT2D eigenvalue weighted by Crippen LogP contribution is -2.36. The molecule has 28 heavy (non-hydrogen) atoms. The topological polar surface area (TPSA) is 63.1 Å². The van der Waals surface area contributed by atoms with Crippen LogP contribution >= 0.6 is 0 Å². The molecular weight excluding hydrogens is 350 g/mol. The summed E-state index contributed by atoms with van der Waals surface area (Å²) >= 11 is 0. The van der Waals surface area contributed by atoms with Crippen LogP contribution in [-0.4, -0.2) is 44.9 Å². The molecule has 1 unspecified atom stereocenters. The minimum Gasteiger partial charge on any atom is -0.348 e. The quantitative estimate of drug-likeness (QED) is 0.862. The molecule has 1 N–H and O–H groups in total. The van der Waals surface area contributed by atoms with Crippen molar-refractivity contribution in [2.75, 3.05) is 13.1 Å². The minimum atomic E-state index is -0.0822. The summed E-state index contributed by atoms with van der Waals surface area (Å²) in [5.74, 6) is -0.0822. The zero-order chi connectivity index (χ0) is 19.5. The zero-order valence-electron chi connectivity index (χ0n) is 17.0. The fourth-order valence-electron chi connectivity index (χ4n) is 4.49. The van der Waals surface area contributed by atoms with Crippen molar-refractivity contribution in [3.63, 3.8) is 0 Å². The number of nitrogens with zero attached hydrogens (tertiary/aromatic N) is 4. The van der Waals surface area contributed by atoms with Crippen molar-refractivity contribution >= 4 is 5.91 Å². The number of rotatable bonds is 5. The number of likely N-dealkylation sites (tertiary alicyclic amines) is 1. The number of carbonyl (C=O) groups is 1. The molecule has 6 heteroatoms. The predicted octanol–water partition coefficient (Wildman–Crippen LogP) is 3.40. The molecule has 2 aliphatic rings. The Labute approximate surface area is 167 Å². The second-order valence-electron chi connectivity index (χ2n) is 8.50. The molecule has 1 amide bonds. The largest absolute Gasteiger partial charge is 0.348 e. The molecule has 0 radical (unpaired) electrons. The summed E-state index contributed by atoms with van der Waals surface area (Å²) in [5, 5.41) is 11.5. The maximum atomic E-state index is 12.4. The Bertz CT molecular complexity index is 824. The van der Waals surface area contributed by atoms with Gasteiger partial charge in [0.25, 0.3) is 5.91 Å². The van der Waals surface area contributed by atoms with E-state index in [9.17, 15) is 4.79 Å². The first-order valence-corrected chi connectivity index (χ1v) is 10.6. The lowest BCUT2D eigenvalue weighted by molar-refractivity contribution is 0.0932. The van der Waals surface area contributed by atoms with E-state index in [4.69, 9.17) is 0 Å². The lowest BCUT2D eigenvalue weighted by Gasteiger charge is -2.33. The first-order chi connectivity index (χ1) is 13.6. The van der Waals surface area contributed by atoms with Crippen LogP contribution < -0.4 is 5.32 Å². The molecule has 1 atom stereocenters. The second kappa shape index (κ2) is 8.43. The van der Waals surface area contributed by atoms with Crippen LogP contribution in [0.2, 0.25) is 0 Å². The molecule has 6 nitrogen and oxygen atoms in total. The fraction of sp³-hybridized carbons (Fsp3) is 0.591. The van der Waals surface area contributed by atoms with Gasteiger partial charge in [0, 0.05) is 19.1 Å². The number of aryl methyl sites for hydroxylation is 2. The Balaban J connectivity index is 1.38. The van der Waals surface area contributed by atoms with Gasteiger partial charge in [-0.3, -0.25) is 9.69 Å². The highest BCUT2D eigenvalue weighted by Crippen LogP contribution is 2.24. The third-order valence-electron chi connectivity index (χ3n) is 6.19. The highest BCUT2D eigenvalue weighted by atomic mass is 16.2. The van der Waals surface area contributed by atoms with Gasteiger partial charge in [-0.1, -0.05) is 41.8 Å². The van der Waals surface area contributed by atoms with Crippen LogP contribution in [0.5, 0.6) is 0 Å². The van der Waals surface area contributed by atoms with E-state index in [-0.39, 0.29) is 11.9 Å². The van der Waals surface area contributed by atoms with Crippen LogP contribution in [0.4, 0.5) is 0 Å². The summed E-state index contributed by atoms with van der Waals surface area (Å²) in [6.07, 6.45) is 8.61. The van der Waals surface area contributed by atoms with Crippen molar-refractivity contribution in [3.05, 3.63) is 46.8 Å². The van der Waals surface area contributed by atoms with Gasteiger partial charge in [-0.2, -0.15) is 0 Å². The minimum absolute atomic E-state index is 0.0822. The maximum absolute atomic E-state index is 12.4. The van der Waals surface area contributed by atoms with E-state index in [0.717, 1.165) is 45.3 Å². The average Bonchev–Trinajstić information content (AvgIpc) is 3.37. The average molecular weight is 382 g/mol.